The number of carbonyl (C=O) groups excluding carboxylic acids is 1. The molecular formula is C9H10FNO3. The van der Waals surface area contributed by atoms with Gasteiger partial charge in [0.2, 0.25) is 0 Å². The van der Waals surface area contributed by atoms with E-state index in [-0.39, 0.29) is 18.1 Å². The summed E-state index contributed by atoms with van der Waals surface area (Å²) >= 11 is 0. The van der Waals surface area contributed by atoms with Gasteiger partial charge in [-0.1, -0.05) is 5.16 Å². The molecule has 1 aromatic heterocycles. The van der Waals surface area contributed by atoms with E-state index in [2.05, 4.69) is 5.16 Å². The molecule has 0 aromatic carbocycles. The third-order valence-electron chi connectivity index (χ3n) is 2.13. The van der Waals surface area contributed by atoms with Gasteiger partial charge in [0.25, 0.3) is 0 Å². The van der Waals surface area contributed by atoms with E-state index < -0.39 is 11.6 Å². The van der Waals surface area contributed by atoms with Gasteiger partial charge >= 0.3 is 5.97 Å². The third kappa shape index (κ3) is 1.49. The van der Waals surface area contributed by atoms with Gasteiger partial charge in [-0.2, -0.15) is 0 Å². The molecule has 14 heavy (non-hydrogen) atoms. The Kier molecular flexibility index (Phi) is 2.02. The fourth-order valence-corrected chi connectivity index (χ4v) is 1.14. The number of hydrogen-bond donors (Lipinski definition) is 0. The molecule has 76 valence electrons. The van der Waals surface area contributed by atoms with Gasteiger partial charge in [0.1, 0.15) is 0 Å². The van der Waals surface area contributed by atoms with Gasteiger partial charge in [0, 0.05) is 6.07 Å². The summed E-state index contributed by atoms with van der Waals surface area (Å²) in [6.07, 6.45) is 0.870. The van der Waals surface area contributed by atoms with Gasteiger partial charge < -0.3 is 9.26 Å². The van der Waals surface area contributed by atoms with Crippen LogP contribution >= 0.6 is 0 Å². The Morgan fingerprint density at radius 2 is 2.50 bits per heavy atom. The molecule has 0 spiro atoms. The van der Waals surface area contributed by atoms with Crippen LogP contribution in [0.25, 0.3) is 0 Å². The van der Waals surface area contributed by atoms with E-state index in [9.17, 15) is 9.18 Å². The lowest BCUT2D eigenvalue weighted by Gasteiger charge is -1.95. The van der Waals surface area contributed by atoms with Crippen molar-refractivity contribution in [3.63, 3.8) is 0 Å². The molecule has 4 nitrogen and oxygen atoms in total. The van der Waals surface area contributed by atoms with Gasteiger partial charge in [-0.05, 0) is 19.8 Å². The van der Waals surface area contributed by atoms with Crippen LogP contribution < -0.4 is 0 Å². The van der Waals surface area contributed by atoms with Gasteiger partial charge in [-0.3, -0.25) is 0 Å². The summed E-state index contributed by atoms with van der Waals surface area (Å²) in [7, 11) is 0. The van der Waals surface area contributed by atoms with Crippen LogP contribution in [0.2, 0.25) is 0 Å². The zero-order valence-corrected chi connectivity index (χ0v) is 7.75. The molecule has 0 saturated heterocycles. The van der Waals surface area contributed by atoms with Crippen LogP contribution in [0.5, 0.6) is 0 Å². The molecule has 1 fully saturated rings. The van der Waals surface area contributed by atoms with Crippen LogP contribution in [-0.4, -0.2) is 17.7 Å². The van der Waals surface area contributed by atoms with Crippen molar-refractivity contribution < 1.29 is 18.4 Å². The Bertz CT molecular complexity index is 357. The smallest absolute Gasteiger partial charge is 0.360 e. The standard InChI is InChI=1S/C9H10FNO3/c1-2-13-8(12)6-5-7(14-11-6)9(10)3-4-9/h5H,2-4H2,1H3. The topological polar surface area (TPSA) is 52.3 Å². The number of esters is 1. The highest BCUT2D eigenvalue weighted by Crippen LogP contribution is 2.49. The number of hydrogen-bond acceptors (Lipinski definition) is 4. The molecule has 0 aliphatic heterocycles. The molecule has 1 saturated carbocycles. The van der Waals surface area contributed by atoms with E-state index >= 15 is 0 Å². The SMILES string of the molecule is CCOC(=O)c1cc(C2(F)CC2)on1. The number of alkyl halides is 1. The zero-order chi connectivity index (χ0) is 10.2. The number of halogens is 1. The Morgan fingerprint density at radius 1 is 1.79 bits per heavy atom. The lowest BCUT2D eigenvalue weighted by Crippen LogP contribution is -2.04. The number of ether oxygens (including phenoxy) is 1. The highest BCUT2D eigenvalue weighted by molar-refractivity contribution is 5.87. The minimum absolute atomic E-state index is 0.0331. The van der Waals surface area contributed by atoms with Crippen molar-refractivity contribution in [1.29, 1.82) is 0 Å². The third-order valence-corrected chi connectivity index (χ3v) is 2.13. The first kappa shape index (κ1) is 9.18. The van der Waals surface area contributed by atoms with E-state index in [1.54, 1.807) is 6.92 Å². The van der Waals surface area contributed by atoms with Crippen molar-refractivity contribution in [3.05, 3.63) is 17.5 Å². The van der Waals surface area contributed by atoms with E-state index in [1.165, 1.54) is 6.07 Å². The maximum absolute atomic E-state index is 13.4. The van der Waals surface area contributed by atoms with Gasteiger partial charge in [-0.15, -0.1) is 0 Å². The fraction of sp³-hybridized carbons (Fsp3) is 0.556. The van der Waals surface area contributed by atoms with Crippen LogP contribution in [0.3, 0.4) is 0 Å². The Hall–Kier alpha value is -1.39. The molecule has 0 N–H and O–H groups in total. The van der Waals surface area contributed by atoms with Crippen molar-refractivity contribution in [2.75, 3.05) is 6.61 Å². The average molecular weight is 199 g/mol. The lowest BCUT2D eigenvalue weighted by molar-refractivity contribution is 0.0514. The molecule has 0 bridgehead atoms. The summed E-state index contributed by atoms with van der Waals surface area (Å²) in [5.41, 5.74) is -1.36. The summed E-state index contributed by atoms with van der Waals surface area (Å²) in [5, 5.41) is 3.45. The van der Waals surface area contributed by atoms with Crippen molar-refractivity contribution in [1.82, 2.24) is 5.16 Å². The number of aromatic nitrogens is 1. The van der Waals surface area contributed by atoms with E-state index in [1.807, 2.05) is 0 Å². The Morgan fingerprint density at radius 3 is 3.07 bits per heavy atom. The van der Waals surface area contributed by atoms with Crippen LogP contribution in [-0.2, 0) is 10.4 Å². The zero-order valence-electron chi connectivity index (χ0n) is 7.75. The molecular weight excluding hydrogens is 189 g/mol. The van der Waals surface area contributed by atoms with Crippen molar-refractivity contribution in [2.45, 2.75) is 25.4 Å². The maximum Gasteiger partial charge on any atom is 0.360 e. The second-order valence-corrected chi connectivity index (χ2v) is 3.26. The molecule has 1 aliphatic rings. The monoisotopic (exact) mass is 199 g/mol. The quantitative estimate of drug-likeness (QED) is 0.696. The minimum Gasteiger partial charge on any atom is -0.461 e. The highest BCUT2D eigenvalue weighted by Gasteiger charge is 2.49. The summed E-state index contributed by atoms with van der Waals surface area (Å²) < 4.78 is 22.8. The normalized spacial score (nSPS) is 17.9. The molecule has 1 aromatic rings. The summed E-state index contributed by atoms with van der Waals surface area (Å²) in [5.74, 6) is -0.452. The first-order valence-electron chi connectivity index (χ1n) is 4.49. The van der Waals surface area contributed by atoms with Gasteiger partial charge in [-0.25, -0.2) is 9.18 Å². The van der Waals surface area contributed by atoms with Crippen LogP contribution in [0.1, 0.15) is 36.0 Å². The summed E-state index contributed by atoms with van der Waals surface area (Å²) in [6.45, 7) is 1.96. The summed E-state index contributed by atoms with van der Waals surface area (Å²) in [6, 6.07) is 1.31. The molecule has 0 radical (unpaired) electrons. The number of nitrogens with zero attached hydrogens (tertiary/aromatic N) is 1. The first-order chi connectivity index (χ1) is 6.65. The van der Waals surface area contributed by atoms with Crippen LogP contribution in [0, 0.1) is 0 Å². The average Bonchev–Trinajstić information content (AvgIpc) is 2.72. The molecule has 2 rings (SSSR count). The second-order valence-electron chi connectivity index (χ2n) is 3.26. The molecule has 1 aliphatic carbocycles. The Labute approximate surface area is 80.0 Å². The molecule has 0 amide bonds. The van der Waals surface area contributed by atoms with Crippen molar-refractivity contribution in [2.24, 2.45) is 0 Å². The maximum atomic E-state index is 13.4. The van der Waals surface area contributed by atoms with Gasteiger partial charge in [0.05, 0.1) is 6.61 Å². The molecule has 0 unspecified atom stereocenters. The van der Waals surface area contributed by atoms with E-state index in [0.29, 0.717) is 12.8 Å². The predicted molar refractivity (Wildman–Crippen MR) is 44.5 cm³/mol. The van der Waals surface area contributed by atoms with E-state index in [0.717, 1.165) is 0 Å². The van der Waals surface area contributed by atoms with Crippen LogP contribution in [0.15, 0.2) is 10.6 Å². The Balaban J connectivity index is 2.13. The van der Waals surface area contributed by atoms with Gasteiger partial charge in [0.15, 0.2) is 17.1 Å². The number of rotatable bonds is 3. The molecule has 1 heterocycles. The van der Waals surface area contributed by atoms with Crippen molar-refractivity contribution >= 4 is 5.97 Å². The fourth-order valence-electron chi connectivity index (χ4n) is 1.14. The largest absolute Gasteiger partial charge is 0.461 e. The molecule has 0 atom stereocenters. The lowest BCUT2D eigenvalue weighted by atomic mass is 10.2. The molecule has 5 heteroatoms. The second kappa shape index (κ2) is 3.08. The minimum atomic E-state index is -1.39. The van der Waals surface area contributed by atoms with E-state index in [4.69, 9.17) is 9.26 Å². The first-order valence-corrected chi connectivity index (χ1v) is 4.49. The van der Waals surface area contributed by atoms with Crippen molar-refractivity contribution in [3.8, 4) is 0 Å². The summed E-state index contributed by atoms with van der Waals surface area (Å²) in [4.78, 5) is 11.1. The number of carbonyl (C=O) groups is 1. The highest BCUT2D eigenvalue weighted by atomic mass is 19.1. The predicted octanol–water partition coefficient (Wildman–Crippen LogP) is 1.81. The van der Waals surface area contributed by atoms with Crippen LogP contribution in [0.4, 0.5) is 4.39 Å².